The number of anilines is 1. The van der Waals surface area contributed by atoms with E-state index in [2.05, 4.69) is 15.9 Å². The molecule has 6 heteroatoms. The minimum absolute atomic E-state index is 0.00816. The molecule has 2 aromatic carbocycles. The van der Waals surface area contributed by atoms with Crippen LogP contribution in [0.3, 0.4) is 0 Å². The van der Waals surface area contributed by atoms with Gasteiger partial charge in [-0.15, -0.1) is 0 Å². The Morgan fingerprint density at radius 3 is 2.30 bits per heavy atom. The number of benzene rings is 2. The smallest absolute Gasteiger partial charge is 0.197 e. The Balaban J connectivity index is 2.57. The van der Waals surface area contributed by atoms with Gasteiger partial charge in [-0.1, -0.05) is 0 Å². The fourth-order valence-corrected chi connectivity index (χ4v) is 2.21. The van der Waals surface area contributed by atoms with Gasteiger partial charge in [0.05, 0.1) is 11.3 Å². The number of halogens is 4. The summed E-state index contributed by atoms with van der Waals surface area (Å²) in [5.74, 6) is -3.11. The standard InChI is InChI=1S/C14H9BrF3NO/c1-6-2-8(11(17)5-10(6)16)14(20)7-3-13(19)12(18)4-9(7)15/h2-5H,19H2,1H3. The van der Waals surface area contributed by atoms with Gasteiger partial charge in [-0.2, -0.15) is 0 Å². The van der Waals surface area contributed by atoms with Crippen molar-refractivity contribution in [3.63, 3.8) is 0 Å². The average Bonchev–Trinajstić information content (AvgIpc) is 2.37. The second-order valence-electron chi connectivity index (χ2n) is 4.26. The van der Waals surface area contributed by atoms with Gasteiger partial charge in [0, 0.05) is 16.1 Å². The van der Waals surface area contributed by atoms with Crippen molar-refractivity contribution in [2.75, 3.05) is 5.73 Å². The summed E-state index contributed by atoms with van der Waals surface area (Å²) in [4.78, 5) is 12.2. The maximum absolute atomic E-state index is 13.7. The van der Waals surface area contributed by atoms with Gasteiger partial charge in [-0.05, 0) is 46.6 Å². The Hall–Kier alpha value is -1.82. The van der Waals surface area contributed by atoms with Crippen LogP contribution in [0.1, 0.15) is 21.5 Å². The summed E-state index contributed by atoms with van der Waals surface area (Å²) in [7, 11) is 0. The first-order valence-electron chi connectivity index (χ1n) is 5.56. The van der Waals surface area contributed by atoms with Gasteiger partial charge in [-0.25, -0.2) is 13.2 Å². The van der Waals surface area contributed by atoms with Crippen LogP contribution in [0.4, 0.5) is 18.9 Å². The quantitative estimate of drug-likeness (QED) is 0.661. The Kier molecular flexibility index (Phi) is 3.85. The molecule has 0 atom stereocenters. The molecule has 0 amide bonds. The van der Waals surface area contributed by atoms with Crippen LogP contribution < -0.4 is 5.73 Å². The first-order chi connectivity index (χ1) is 9.31. The van der Waals surface area contributed by atoms with Crippen LogP contribution in [0.15, 0.2) is 28.7 Å². The molecule has 0 aromatic heterocycles. The van der Waals surface area contributed by atoms with Crippen LogP contribution in [-0.4, -0.2) is 5.78 Å². The summed E-state index contributed by atoms with van der Waals surface area (Å²) in [5, 5.41) is 0. The number of carbonyl (C=O) groups is 1. The van der Waals surface area contributed by atoms with Crippen molar-refractivity contribution in [2.24, 2.45) is 0 Å². The zero-order chi connectivity index (χ0) is 15.0. The molecule has 2 N–H and O–H groups in total. The van der Waals surface area contributed by atoms with E-state index in [-0.39, 0.29) is 26.9 Å². The molecule has 0 fully saturated rings. The molecule has 0 saturated heterocycles. The molecule has 0 aliphatic rings. The fraction of sp³-hybridized carbons (Fsp3) is 0.0714. The number of nitrogens with two attached hydrogens (primary N) is 1. The highest BCUT2D eigenvalue weighted by atomic mass is 79.9. The van der Waals surface area contributed by atoms with E-state index in [1.165, 1.54) is 6.92 Å². The lowest BCUT2D eigenvalue weighted by atomic mass is 10.0. The molecule has 0 heterocycles. The number of hydrogen-bond acceptors (Lipinski definition) is 2. The Labute approximate surface area is 121 Å². The van der Waals surface area contributed by atoms with E-state index in [0.29, 0.717) is 6.07 Å². The Morgan fingerprint density at radius 2 is 1.65 bits per heavy atom. The molecule has 0 saturated carbocycles. The third-order valence-corrected chi connectivity index (χ3v) is 3.48. The fourth-order valence-electron chi connectivity index (χ4n) is 1.72. The normalized spacial score (nSPS) is 10.7. The Bertz CT molecular complexity index is 657. The summed E-state index contributed by atoms with van der Waals surface area (Å²) < 4.78 is 40.3. The van der Waals surface area contributed by atoms with Crippen LogP contribution in [0.5, 0.6) is 0 Å². The van der Waals surface area contributed by atoms with Crippen LogP contribution in [0.25, 0.3) is 0 Å². The van der Waals surface area contributed by atoms with Gasteiger partial charge < -0.3 is 5.73 Å². The lowest BCUT2D eigenvalue weighted by Crippen LogP contribution is -2.08. The van der Waals surface area contributed by atoms with E-state index in [0.717, 1.165) is 18.2 Å². The van der Waals surface area contributed by atoms with Gasteiger partial charge in [0.2, 0.25) is 0 Å². The van der Waals surface area contributed by atoms with E-state index in [4.69, 9.17) is 5.73 Å². The van der Waals surface area contributed by atoms with Crippen molar-refractivity contribution in [1.82, 2.24) is 0 Å². The summed E-state index contributed by atoms with van der Waals surface area (Å²) >= 11 is 3.02. The van der Waals surface area contributed by atoms with Gasteiger partial charge in [0.25, 0.3) is 0 Å². The number of aryl methyl sites for hydroxylation is 1. The average molecular weight is 344 g/mol. The third-order valence-electron chi connectivity index (χ3n) is 2.82. The lowest BCUT2D eigenvalue weighted by Gasteiger charge is -2.08. The van der Waals surface area contributed by atoms with E-state index < -0.39 is 23.2 Å². The molecular weight excluding hydrogens is 335 g/mol. The van der Waals surface area contributed by atoms with Crippen LogP contribution >= 0.6 is 15.9 Å². The number of hydrogen-bond donors (Lipinski definition) is 1. The number of rotatable bonds is 2. The van der Waals surface area contributed by atoms with Crippen LogP contribution in [0.2, 0.25) is 0 Å². The van der Waals surface area contributed by atoms with Crippen molar-refractivity contribution in [1.29, 1.82) is 0 Å². The molecule has 0 aliphatic heterocycles. The predicted molar refractivity (Wildman–Crippen MR) is 73.0 cm³/mol. The molecule has 0 unspecified atom stereocenters. The third kappa shape index (κ3) is 2.56. The van der Waals surface area contributed by atoms with E-state index in [1.54, 1.807) is 0 Å². The molecule has 0 spiro atoms. The summed E-state index contributed by atoms with van der Waals surface area (Å²) in [5.41, 5.74) is 5.02. The molecule has 2 aromatic rings. The molecule has 0 bridgehead atoms. The number of carbonyl (C=O) groups excluding carboxylic acids is 1. The van der Waals surface area contributed by atoms with Gasteiger partial charge in [0.1, 0.15) is 17.5 Å². The monoisotopic (exact) mass is 343 g/mol. The minimum atomic E-state index is -0.979. The zero-order valence-corrected chi connectivity index (χ0v) is 11.9. The zero-order valence-electron chi connectivity index (χ0n) is 10.3. The lowest BCUT2D eigenvalue weighted by molar-refractivity contribution is 0.103. The maximum atomic E-state index is 13.7. The molecule has 2 nitrogen and oxygen atoms in total. The van der Waals surface area contributed by atoms with E-state index in [1.807, 2.05) is 0 Å². The summed E-state index contributed by atoms with van der Waals surface area (Å²) in [6, 6.07) is 3.89. The molecule has 20 heavy (non-hydrogen) atoms. The first kappa shape index (κ1) is 14.6. The number of nitrogen functional groups attached to an aromatic ring is 1. The van der Waals surface area contributed by atoms with E-state index >= 15 is 0 Å². The topological polar surface area (TPSA) is 43.1 Å². The second kappa shape index (κ2) is 5.28. The van der Waals surface area contributed by atoms with Crippen LogP contribution in [-0.2, 0) is 0 Å². The molecule has 0 radical (unpaired) electrons. The SMILES string of the molecule is Cc1cc(C(=O)c2cc(N)c(F)cc2Br)c(F)cc1F. The summed E-state index contributed by atoms with van der Waals surface area (Å²) in [6.45, 7) is 1.42. The largest absolute Gasteiger partial charge is 0.396 e. The molecular formula is C14H9BrF3NO. The van der Waals surface area contributed by atoms with Gasteiger partial charge in [0.15, 0.2) is 5.78 Å². The Morgan fingerprint density at radius 1 is 1.00 bits per heavy atom. The van der Waals surface area contributed by atoms with Crippen molar-refractivity contribution < 1.29 is 18.0 Å². The minimum Gasteiger partial charge on any atom is -0.396 e. The van der Waals surface area contributed by atoms with Crippen molar-refractivity contribution in [3.8, 4) is 0 Å². The van der Waals surface area contributed by atoms with Gasteiger partial charge in [-0.3, -0.25) is 4.79 Å². The highest BCUT2D eigenvalue weighted by Crippen LogP contribution is 2.26. The molecule has 0 aliphatic carbocycles. The van der Waals surface area contributed by atoms with Crippen LogP contribution in [0, 0.1) is 24.4 Å². The highest BCUT2D eigenvalue weighted by Gasteiger charge is 2.20. The first-order valence-corrected chi connectivity index (χ1v) is 6.35. The van der Waals surface area contributed by atoms with Gasteiger partial charge >= 0.3 is 0 Å². The summed E-state index contributed by atoms with van der Waals surface area (Å²) in [6.07, 6.45) is 0. The van der Waals surface area contributed by atoms with Crippen molar-refractivity contribution >= 4 is 27.4 Å². The van der Waals surface area contributed by atoms with Crippen molar-refractivity contribution in [3.05, 3.63) is 62.9 Å². The molecule has 2 rings (SSSR count). The second-order valence-corrected chi connectivity index (χ2v) is 5.12. The predicted octanol–water partition coefficient (Wildman–Crippen LogP) is 3.99. The maximum Gasteiger partial charge on any atom is 0.197 e. The number of ketones is 1. The highest BCUT2D eigenvalue weighted by molar-refractivity contribution is 9.10. The molecule has 104 valence electrons. The van der Waals surface area contributed by atoms with Crippen molar-refractivity contribution in [2.45, 2.75) is 6.92 Å². The van der Waals surface area contributed by atoms with E-state index in [9.17, 15) is 18.0 Å².